The molecule has 1 saturated heterocycles. The molecule has 26 heavy (non-hydrogen) atoms. The van der Waals surface area contributed by atoms with Gasteiger partial charge in [-0.2, -0.15) is 0 Å². The van der Waals surface area contributed by atoms with Crippen LogP contribution in [0.3, 0.4) is 0 Å². The van der Waals surface area contributed by atoms with Crippen LogP contribution in [0.15, 0.2) is 59.5 Å². The Morgan fingerprint density at radius 1 is 1.19 bits per heavy atom. The van der Waals surface area contributed by atoms with Crippen LogP contribution in [0.4, 0.5) is 0 Å². The smallest absolute Gasteiger partial charge is 0.274 e. The van der Waals surface area contributed by atoms with Crippen LogP contribution in [0.2, 0.25) is 0 Å². The van der Waals surface area contributed by atoms with Gasteiger partial charge in [0.15, 0.2) is 22.1 Å². The summed E-state index contributed by atoms with van der Waals surface area (Å²) in [6, 6.07) is 16.5. The maximum Gasteiger partial charge on any atom is 0.274 e. The molecule has 2 aromatic rings. The number of rotatable bonds is 7. The quantitative estimate of drug-likeness (QED) is 0.679. The normalized spacial score (nSPS) is 17.8. The summed E-state index contributed by atoms with van der Waals surface area (Å²) < 4.78 is 23.5. The number of nitrogens with zero attached hydrogens (tertiary/aromatic N) is 1. The van der Waals surface area contributed by atoms with E-state index in [0.29, 0.717) is 29.5 Å². The number of hydrogen-bond donors (Lipinski definition) is 0. The van der Waals surface area contributed by atoms with E-state index >= 15 is 0 Å². The number of benzene rings is 2. The third-order valence-electron chi connectivity index (χ3n) is 4.02. The summed E-state index contributed by atoms with van der Waals surface area (Å²) in [5.41, 5.74) is 0. The Balaban J connectivity index is 1.58. The highest BCUT2D eigenvalue weighted by atomic mass is 32.2. The number of ether oxygens (including phenoxy) is 2. The largest absolute Gasteiger partial charge is 0.611 e. The second-order valence-electron chi connectivity index (χ2n) is 5.68. The lowest BCUT2D eigenvalue weighted by Gasteiger charge is -2.24. The minimum atomic E-state index is -1.33. The zero-order valence-corrected chi connectivity index (χ0v) is 16.1. The fraction of sp³-hybridized carbons (Fsp3) is 0.316. The molecule has 1 fully saturated rings. The van der Waals surface area contributed by atoms with Crippen LogP contribution in [0.1, 0.15) is 0 Å². The summed E-state index contributed by atoms with van der Waals surface area (Å²) in [6.45, 7) is 1.02. The zero-order chi connectivity index (χ0) is 18.4. The molecule has 2 aromatic carbocycles. The van der Waals surface area contributed by atoms with E-state index in [1.807, 2.05) is 42.5 Å². The number of thioether (sulfide) groups is 1. The van der Waals surface area contributed by atoms with Crippen molar-refractivity contribution in [3.63, 3.8) is 0 Å². The molecule has 0 N–H and O–H groups in total. The lowest BCUT2D eigenvalue weighted by Crippen LogP contribution is -2.41. The van der Waals surface area contributed by atoms with Crippen molar-refractivity contribution in [1.29, 1.82) is 0 Å². The molecule has 0 spiro atoms. The minimum absolute atomic E-state index is 0.00423. The van der Waals surface area contributed by atoms with Gasteiger partial charge < -0.3 is 18.9 Å². The molecule has 1 aliphatic rings. The third-order valence-corrected chi connectivity index (χ3v) is 6.52. The highest BCUT2D eigenvalue weighted by Gasteiger charge is 2.32. The Labute approximate surface area is 160 Å². The summed E-state index contributed by atoms with van der Waals surface area (Å²) in [5, 5.41) is -0.0832. The molecule has 1 amide bonds. The van der Waals surface area contributed by atoms with Crippen molar-refractivity contribution >= 4 is 28.8 Å². The van der Waals surface area contributed by atoms with Crippen molar-refractivity contribution in [2.24, 2.45) is 0 Å². The second-order valence-corrected chi connectivity index (χ2v) is 8.41. The molecule has 2 unspecified atom stereocenters. The van der Waals surface area contributed by atoms with Crippen LogP contribution < -0.4 is 9.47 Å². The van der Waals surface area contributed by atoms with Crippen molar-refractivity contribution < 1.29 is 18.8 Å². The van der Waals surface area contributed by atoms with E-state index in [0.717, 1.165) is 5.75 Å². The molecule has 3 rings (SSSR count). The van der Waals surface area contributed by atoms with Gasteiger partial charge in [0.25, 0.3) is 5.91 Å². The van der Waals surface area contributed by atoms with Gasteiger partial charge in [-0.05, 0) is 35.4 Å². The summed E-state index contributed by atoms with van der Waals surface area (Å²) in [5.74, 6) is 2.06. The maximum atomic E-state index is 12.6. The Morgan fingerprint density at radius 3 is 2.62 bits per heavy atom. The Kier molecular flexibility index (Phi) is 6.71. The Bertz CT molecular complexity index is 728. The SMILES string of the molecule is COc1ccccc1OCC1SCCN1C(=O)C[S+]([O-])c1ccccc1. The first kappa shape index (κ1) is 18.9. The number of hydrogen-bond acceptors (Lipinski definition) is 5. The summed E-state index contributed by atoms with van der Waals surface area (Å²) in [6.07, 6.45) is 0. The Morgan fingerprint density at radius 2 is 1.88 bits per heavy atom. The van der Waals surface area contributed by atoms with Gasteiger partial charge in [0.1, 0.15) is 12.0 Å². The summed E-state index contributed by atoms with van der Waals surface area (Å²) >= 11 is 0.344. The molecule has 1 heterocycles. The molecule has 0 bridgehead atoms. The lowest BCUT2D eigenvalue weighted by atomic mass is 10.3. The molecular formula is C19H21NO4S2. The molecule has 0 aromatic heterocycles. The Hall–Kier alpha value is -1.83. The van der Waals surface area contributed by atoms with Crippen molar-refractivity contribution in [1.82, 2.24) is 4.90 Å². The van der Waals surface area contributed by atoms with Crippen molar-refractivity contribution in [3.05, 3.63) is 54.6 Å². The van der Waals surface area contributed by atoms with E-state index in [2.05, 4.69) is 0 Å². The van der Waals surface area contributed by atoms with E-state index in [1.165, 1.54) is 0 Å². The number of carbonyl (C=O) groups is 1. The van der Waals surface area contributed by atoms with Crippen LogP contribution in [0.5, 0.6) is 11.5 Å². The van der Waals surface area contributed by atoms with Crippen LogP contribution in [0.25, 0.3) is 0 Å². The van der Waals surface area contributed by atoms with E-state index in [4.69, 9.17) is 9.47 Å². The van der Waals surface area contributed by atoms with Crippen molar-refractivity contribution in [2.45, 2.75) is 10.3 Å². The average Bonchev–Trinajstić information content (AvgIpc) is 3.16. The number of carbonyl (C=O) groups excluding carboxylic acids is 1. The van der Waals surface area contributed by atoms with Crippen molar-refractivity contribution in [3.8, 4) is 11.5 Å². The zero-order valence-electron chi connectivity index (χ0n) is 14.5. The molecule has 7 heteroatoms. The highest BCUT2D eigenvalue weighted by Crippen LogP contribution is 2.29. The van der Waals surface area contributed by atoms with Crippen molar-refractivity contribution in [2.75, 3.05) is 31.8 Å². The van der Waals surface area contributed by atoms with Crippen LogP contribution in [0, 0.1) is 0 Å². The minimum Gasteiger partial charge on any atom is -0.611 e. The average molecular weight is 392 g/mol. The monoisotopic (exact) mass is 391 g/mol. The van der Waals surface area contributed by atoms with E-state index in [1.54, 1.807) is 35.9 Å². The first-order chi connectivity index (χ1) is 12.7. The molecule has 138 valence electrons. The molecule has 1 aliphatic heterocycles. The molecular weight excluding hydrogens is 370 g/mol. The topological polar surface area (TPSA) is 61.8 Å². The predicted octanol–water partition coefficient (Wildman–Crippen LogP) is 2.78. The molecule has 5 nitrogen and oxygen atoms in total. The van der Waals surface area contributed by atoms with Gasteiger partial charge in [0.05, 0.1) is 7.11 Å². The van der Waals surface area contributed by atoms with Crippen LogP contribution in [-0.2, 0) is 16.0 Å². The van der Waals surface area contributed by atoms with E-state index in [9.17, 15) is 9.35 Å². The maximum absolute atomic E-state index is 12.6. The van der Waals surface area contributed by atoms with Gasteiger partial charge in [-0.1, -0.05) is 30.3 Å². The third kappa shape index (κ3) is 4.66. The highest BCUT2D eigenvalue weighted by molar-refractivity contribution is 8.00. The van der Waals surface area contributed by atoms with Gasteiger partial charge >= 0.3 is 0 Å². The first-order valence-electron chi connectivity index (χ1n) is 8.29. The van der Waals surface area contributed by atoms with E-state index in [-0.39, 0.29) is 17.0 Å². The standard InChI is InChI=1S/C19H21NO4S2/c1-23-16-9-5-6-10-17(16)24-13-19-20(11-12-25-19)18(21)14-26(22)15-7-3-2-4-8-15/h2-10,19H,11-14H2,1H3. The summed E-state index contributed by atoms with van der Waals surface area (Å²) in [4.78, 5) is 15.1. The van der Waals surface area contributed by atoms with Gasteiger partial charge in [-0.3, -0.25) is 4.79 Å². The molecule has 0 radical (unpaired) electrons. The predicted molar refractivity (Wildman–Crippen MR) is 104 cm³/mol. The number of methoxy groups -OCH3 is 1. The van der Waals surface area contributed by atoms with Crippen LogP contribution in [-0.4, -0.2) is 52.5 Å². The van der Waals surface area contributed by atoms with Gasteiger partial charge in [0.2, 0.25) is 0 Å². The number of amides is 1. The lowest BCUT2D eigenvalue weighted by molar-refractivity contribution is -0.128. The molecule has 0 saturated carbocycles. The molecule has 2 atom stereocenters. The van der Waals surface area contributed by atoms with Gasteiger partial charge in [0, 0.05) is 12.3 Å². The fourth-order valence-electron chi connectivity index (χ4n) is 2.69. The summed E-state index contributed by atoms with van der Waals surface area (Å²) in [7, 11) is 1.60. The number of para-hydroxylation sites is 2. The first-order valence-corrected chi connectivity index (χ1v) is 10.7. The fourth-order valence-corrected chi connectivity index (χ4v) is 4.85. The van der Waals surface area contributed by atoms with Crippen LogP contribution >= 0.6 is 11.8 Å². The molecule has 0 aliphatic carbocycles. The van der Waals surface area contributed by atoms with E-state index < -0.39 is 11.2 Å². The van der Waals surface area contributed by atoms with Gasteiger partial charge in [-0.15, -0.1) is 11.8 Å². The van der Waals surface area contributed by atoms with Gasteiger partial charge in [-0.25, -0.2) is 0 Å². The second kappa shape index (κ2) is 9.21.